The number of carbonyl (C=O) groups excluding carboxylic acids is 2. The second-order valence-electron chi connectivity index (χ2n) is 16.7. The fourth-order valence-electron chi connectivity index (χ4n) is 6.51. The molecule has 0 saturated heterocycles. The van der Waals surface area contributed by atoms with Crippen molar-refractivity contribution in [2.75, 3.05) is 19.8 Å². The van der Waals surface area contributed by atoms with E-state index in [9.17, 15) is 9.59 Å². The van der Waals surface area contributed by atoms with Crippen LogP contribution in [0.1, 0.15) is 201 Å². The molecule has 0 rings (SSSR count). The first-order chi connectivity index (χ1) is 32.6. The van der Waals surface area contributed by atoms with Crippen molar-refractivity contribution in [3.05, 3.63) is 146 Å². The number of carbonyl (C=O) groups is 2. The lowest BCUT2D eigenvalue weighted by atomic mass is 10.1. The SMILES string of the molecule is CC/C=C\C/C=C\C/C=C\C/C=C\C/C=C\C/C=C\CCC(=O)OCC(COCCC/C=C\C/C=C\C/C=C\C/C=C\CC)OC(=O)CCCCCCCCC/C=C\C/C=C\CCCCC. The van der Waals surface area contributed by atoms with Crippen LogP contribution in [0.3, 0.4) is 0 Å². The van der Waals surface area contributed by atoms with Gasteiger partial charge in [0.2, 0.25) is 0 Å². The predicted octanol–water partition coefficient (Wildman–Crippen LogP) is 18.1. The summed E-state index contributed by atoms with van der Waals surface area (Å²) < 4.78 is 17.3. The lowest BCUT2D eigenvalue weighted by Crippen LogP contribution is -2.30. The Morgan fingerprint density at radius 1 is 0.348 bits per heavy atom. The minimum atomic E-state index is -0.611. The largest absolute Gasteiger partial charge is 0.462 e. The minimum absolute atomic E-state index is 0.0100. The molecule has 0 spiro atoms. The molecule has 1 unspecified atom stereocenters. The summed E-state index contributed by atoms with van der Waals surface area (Å²) in [4.78, 5) is 25.4. The Bertz CT molecular complexity index is 1450. The van der Waals surface area contributed by atoms with E-state index in [1.54, 1.807) is 0 Å². The molecule has 0 aromatic rings. The maximum atomic E-state index is 12.8. The first kappa shape index (κ1) is 61.8. The van der Waals surface area contributed by atoms with Crippen molar-refractivity contribution >= 4 is 11.9 Å². The van der Waals surface area contributed by atoms with E-state index in [0.29, 0.717) is 19.4 Å². The zero-order valence-electron chi connectivity index (χ0n) is 42.4. The highest BCUT2D eigenvalue weighted by Crippen LogP contribution is 2.12. The molecule has 66 heavy (non-hydrogen) atoms. The molecule has 0 amide bonds. The fourth-order valence-corrected chi connectivity index (χ4v) is 6.51. The zero-order valence-corrected chi connectivity index (χ0v) is 42.4. The summed E-state index contributed by atoms with van der Waals surface area (Å²) in [6, 6.07) is 0. The third-order valence-corrected chi connectivity index (χ3v) is 10.4. The first-order valence-corrected chi connectivity index (χ1v) is 26.4. The summed E-state index contributed by atoms with van der Waals surface area (Å²) in [5, 5.41) is 0. The van der Waals surface area contributed by atoms with Gasteiger partial charge >= 0.3 is 11.9 Å². The maximum absolute atomic E-state index is 12.8. The van der Waals surface area contributed by atoms with Crippen molar-refractivity contribution in [2.24, 2.45) is 0 Å². The monoisotopic (exact) mass is 909 g/mol. The van der Waals surface area contributed by atoms with Gasteiger partial charge in [0.25, 0.3) is 0 Å². The number of ether oxygens (including phenoxy) is 3. The number of rotatable bonds is 46. The van der Waals surface area contributed by atoms with E-state index in [1.165, 1.54) is 51.4 Å². The summed E-state index contributed by atoms with van der Waals surface area (Å²) in [5.74, 6) is -0.545. The van der Waals surface area contributed by atoms with Gasteiger partial charge in [-0.05, 0) is 122 Å². The van der Waals surface area contributed by atoms with Gasteiger partial charge in [0, 0.05) is 19.4 Å². The summed E-state index contributed by atoms with van der Waals surface area (Å²) in [6.07, 6.45) is 80.2. The lowest BCUT2D eigenvalue weighted by Gasteiger charge is -2.18. The number of hydrogen-bond acceptors (Lipinski definition) is 5. The summed E-state index contributed by atoms with van der Waals surface area (Å²) >= 11 is 0. The van der Waals surface area contributed by atoms with E-state index in [0.717, 1.165) is 109 Å². The highest BCUT2D eigenvalue weighted by molar-refractivity contribution is 5.70. The van der Waals surface area contributed by atoms with Crippen LogP contribution in [0.4, 0.5) is 0 Å². The third-order valence-electron chi connectivity index (χ3n) is 10.4. The van der Waals surface area contributed by atoms with Crippen LogP contribution in [-0.4, -0.2) is 37.9 Å². The van der Waals surface area contributed by atoms with Gasteiger partial charge in [-0.2, -0.15) is 0 Å². The topological polar surface area (TPSA) is 61.8 Å². The van der Waals surface area contributed by atoms with Crippen molar-refractivity contribution in [1.82, 2.24) is 0 Å². The Balaban J connectivity index is 4.50. The predicted molar refractivity (Wildman–Crippen MR) is 288 cm³/mol. The summed E-state index contributed by atoms with van der Waals surface area (Å²) in [6.45, 7) is 7.33. The van der Waals surface area contributed by atoms with E-state index in [-0.39, 0.29) is 31.6 Å². The standard InChI is InChI=1S/C61H96O5/c1-4-7-10-13-16-19-22-25-28-30-31-33-34-36-39-42-45-48-51-54-60(62)65-58-59(57-64-56-53-50-47-44-41-38-27-24-21-18-15-12-9-6-3)66-61(63)55-52-49-46-43-40-37-35-32-29-26-23-20-17-14-11-8-5-2/h7,9-10,12,16-21,25-29,31,33,36,38-39,44-45,47-48,59H,4-6,8,11,13-15,22-24,30,32,34-35,37,40-43,46,49-58H2,1-3H3/b10-7-,12-9-,19-16-,20-17-,21-18-,28-25-,29-26-,33-31-,38-27-,39-36-,47-44-,48-45-. The van der Waals surface area contributed by atoms with Crippen LogP contribution >= 0.6 is 0 Å². The molecule has 5 heteroatoms. The minimum Gasteiger partial charge on any atom is -0.462 e. The average Bonchev–Trinajstić information content (AvgIpc) is 3.32. The van der Waals surface area contributed by atoms with Crippen LogP contribution in [-0.2, 0) is 23.8 Å². The van der Waals surface area contributed by atoms with Gasteiger partial charge in [-0.15, -0.1) is 0 Å². The van der Waals surface area contributed by atoms with Crippen LogP contribution in [0, 0.1) is 0 Å². The van der Waals surface area contributed by atoms with E-state index in [4.69, 9.17) is 14.2 Å². The molecule has 0 aromatic carbocycles. The van der Waals surface area contributed by atoms with Gasteiger partial charge in [0.1, 0.15) is 6.61 Å². The van der Waals surface area contributed by atoms with Crippen molar-refractivity contribution < 1.29 is 23.8 Å². The molecule has 0 radical (unpaired) electrons. The van der Waals surface area contributed by atoms with Gasteiger partial charge in [-0.1, -0.05) is 212 Å². The second-order valence-corrected chi connectivity index (χ2v) is 16.7. The van der Waals surface area contributed by atoms with Crippen molar-refractivity contribution in [3.8, 4) is 0 Å². The summed E-state index contributed by atoms with van der Waals surface area (Å²) in [7, 11) is 0. The Morgan fingerprint density at radius 3 is 1.15 bits per heavy atom. The van der Waals surface area contributed by atoms with Crippen LogP contribution in [0.15, 0.2) is 146 Å². The number of allylic oxidation sites excluding steroid dienone is 24. The zero-order chi connectivity index (χ0) is 47.7. The molecule has 0 aromatic heterocycles. The fraction of sp³-hybridized carbons (Fsp3) is 0.574. The van der Waals surface area contributed by atoms with Gasteiger partial charge in [0.15, 0.2) is 6.10 Å². The molecule has 0 aliphatic rings. The highest BCUT2D eigenvalue weighted by Gasteiger charge is 2.17. The molecule has 0 N–H and O–H groups in total. The average molecular weight is 909 g/mol. The Labute approximate surface area is 406 Å². The lowest BCUT2D eigenvalue weighted by molar-refractivity contribution is -0.162. The molecule has 0 heterocycles. The Morgan fingerprint density at radius 2 is 0.712 bits per heavy atom. The number of esters is 2. The molecular formula is C61H96O5. The van der Waals surface area contributed by atoms with E-state index < -0.39 is 6.10 Å². The first-order valence-electron chi connectivity index (χ1n) is 26.4. The number of unbranched alkanes of at least 4 members (excludes halogenated alkanes) is 11. The van der Waals surface area contributed by atoms with Crippen LogP contribution in [0.5, 0.6) is 0 Å². The molecule has 0 aliphatic carbocycles. The molecule has 0 bridgehead atoms. The molecule has 0 saturated carbocycles. The van der Waals surface area contributed by atoms with Gasteiger partial charge < -0.3 is 14.2 Å². The van der Waals surface area contributed by atoms with Crippen molar-refractivity contribution in [1.29, 1.82) is 0 Å². The van der Waals surface area contributed by atoms with Crippen LogP contribution in [0.2, 0.25) is 0 Å². The molecule has 370 valence electrons. The van der Waals surface area contributed by atoms with Crippen LogP contribution < -0.4 is 0 Å². The Hall–Kier alpha value is -4.22. The van der Waals surface area contributed by atoms with Gasteiger partial charge in [-0.3, -0.25) is 9.59 Å². The van der Waals surface area contributed by atoms with Gasteiger partial charge in [-0.25, -0.2) is 0 Å². The Kier molecular flexibility index (Phi) is 51.6. The summed E-state index contributed by atoms with van der Waals surface area (Å²) in [5.41, 5.74) is 0. The van der Waals surface area contributed by atoms with Crippen molar-refractivity contribution in [3.63, 3.8) is 0 Å². The smallest absolute Gasteiger partial charge is 0.306 e. The van der Waals surface area contributed by atoms with E-state index in [2.05, 4.69) is 161 Å². The molecule has 0 aliphatic heterocycles. The van der Waals surface area contributed by atoms with Gasteiger partial charge in [0.05, 0.1) is 6.61 Å². The molecule has 5 nitrogen and oxygen atoms in total. The quantitative estimate of drug-likeness (QED) is 0.0346. The molecule has 0 fully saturated rings. The third kappa shape index (κ3) is 52.4. The normalized spacial score (nSPS) is 13.4. The van der Waals surface area contributed by atoms with Crippen LogP contribution in [0.25, 0.3) is 0 Å². The molecular weight excluding hydrogens is 813 g/mol. The highest BCUT2D eigenvalue weighted by atomic mass is 16.6. The maximum Gasteiger partial charge on any atom is 0.306 e. The number of hydrogen-bond donors (Lipinski definition) is 0. The van der Waals surface area contributed by atoms with E-state index >= 15 is 0 Å². The van der Waals surface area contributed by atoms with E-state index in [1.807, 2.05) is 6.08 Å². The van der Waals surface area contributed by atoms with Crippen molar-refractivity contribution in [2.45, 2.75) is 207 Å². The second kappa shape index (κ2) is 55.1. The molecule has 1 atom stereocenters.